The van der Waals surface area contributed by atoms with Crippen LogP contribution in [0.15, 0.2) is 42.7 Å². The zero-order valence-corrected chi connectivity index (χ0v) is 17.2. The third-order valence-electron chi connectivity index (χ3n) is 4.58. The number of nitrogens with one attached hydrogen (secondary N) is 2. The minimum Gasteiger partial charge on any atom is -0.350 e. The lowest BCUT2D eigenvalue weighted by molar-refractivity contribution is -0.183. The fraction of sp³-hybridized carbons (Fsp3) is 0.444. The first kappa shape index (κ1) is 25.2. The van der Waals surface area contributed by atoms with Gasteiger partial charge in [0.2, 0.25) is 0 Å². The van der Waals surface area contributed by atoms with Crippen molar-refractivity contribution in [2.24, 2.45) is 0 Å². The summed E-state index contributed by atoms with van der Waals surface area (Å²) < 4.78 is 42.0. The second-order valence-corrected chi connectivity index (χ2v) is 6.41. The molecule has 1 amide bonds. The monoisotopic (exact) mass is 453 g/mol. The summed E-state index contributed by atoms with van der Waals surface area (Å²) in [6.07, 6.45) is -1.01. The van der Waals surface area contributed by atoms with Gasteiger partial charge in [0, 0.05) is 50.7 Å². The molecule has 1 aromatic carbocycles. The molecule has 2 N–H and O–H groups in total. The molecule has 0 radical (unpaired) electrons. The van der Waals surface area contributed by atoms with Gasteiger partial charge in [-0.25, -0.2) is 0 Å². The molecule has 29 heavy (non-hydrogen) atoms. The van der Waals surface area contributed by atoms with Crippen LogP contribution in [0.2, 0.25) is 0 Å². The van der Waals surface area contributed by atoms with Gasteiger partial charge >= 0.3 is 6.18 Å². The number of hydrogen-bond donors (Lipinski definition) is 2. The van der Waals surface area contributed by atoms with Crippen molar-refractivity contribution in [3.63, 3.8) is 0 Å². The number of benzene rings is 1. The van der Waals surface area contributed by atoms with Crippen molar-refractivity contribution in [2.45, 2.75) is 18.8 Å². The fourth-order valence-electron chi connectivity index (χ4n) is 3.18. The summed E-state index contributed by atoms with van der Waals surface area (Å²) in [6, 6.07) is 6.94. The number of carbonyl (C=O) groups excluding carboxylic acids is 1. The van der Waals surface area contributed by atoms with Gasteiger partial charge in [-0.05, 0) is 17.7 Å². The molecule has 2 aromatic rings. The molecule has 162 valence electrons. The Labute approximate surface area is 179 Å². The van der Waals surface area contributed by atoms with Gasteiger partial charge in [-0.15, -0.1) is 24.8 Å². The van der Waals surface area contributed by atoms with Crippen LogP contribution in [0.5, 0.6) is 0 Å². The first-order valence-electron chi connectivity index (χ1n) is 8.80. The number of rotatable bonds is 6. The van der Waals surface area contributed by atoms with Crippen molar-refractivity contribution < 1.29 is 18.0 Å². The van der Waals surface area contributed by atoms with E-state index in [1.807, 2.05) is 0 Å². The summed E-state index contributed by atoms with van der Waals surface area (Å²) in [7, 11) is 0. The van der Waals surface area contributed by atoms with Crippen LogP contribution in [0.25, 0.3) is 0 Å². The van der Waals surface area contributed by atoms with Crippen molar-refractivity contribution in [1.29, 1.82) is 0 Å². The van der Waals surface area contributed by atoms with E-state index in [9.17, 15) is 18.0 Å². The van der Waals surface area contributed by atoms with E-state index >= 15 is 0 Å². The molecule has 0 spiro atoms. The minimum absolute atomic E-state index is 0. The number of piperazine rings is 1. The van der Waals surface area contributed by atoms with E-state index in [1.54, 1.807) is 47.4 Å². The first-order chi connectivity index (χ1) is 12.9. The van der Waals surface area contributed by atoms with Crippen molar-refractivity contribution in [2.75, 3.05) is 32.7 Å². The zero-order valence-electron chi connectivity index (χ0n) is 15.6. The van der Waals surface area contributed by atoms with Gasteiger partial charge in [-0.1, -0.05) is 18.2 Å². The summed E-state index contributed by atoms with van der Waals surface area (Å²) in [6.45, 7) is 1.52. The van der Waals surface area contributed by atoms with E-state index in [2.05, 4.69) is 15.7 Å². The number of hydrogen-bond acceptors (Lipinski definition) is 4. The summed E-state index contributed by atoms with van der Waals surface area (Å²) in [4.78, 5) is 13.9. The molecule has 1 aromatic heterocycles. The molecule has 1 aliphatic heterocycles. The van der Waals surface area contributed by atoms with Crippen molar-refractivity contribution >= 4 is 30.7 Å². The lowest BCUT2D eigenvalue weighted by Crippen LogP contribution is -2.57. The molecule has 0 aliphatic carbocycles. The Hall–Kier alpha value is -1.81. The minimum atomic E-state index is -4.40. The highest BCUT2D eigenvalue weighted by Crippen LogP contribution is 2.25. The highest BCUT2D eigenvalue weighted by molar-refractivity contribution is 5.95. The van der Waals surface area contributed by atoms with E-state index in [0.717, 1.165) is 0 Å². The maximum atomic E-state index is 13.5. The van der Waals surface area contributed by atoms with Crippen LogP contribution in [-0.4, -0.2) is 65.5 Å². The van der Waals surface area contributed by atoms with E-state index in [-0.39, 0.29) is 24.8 Å². The molecule has 11 heteroatoms. The van der Waals surface area contributed by atoms with Crippen LogP contribution in [0.3, 0.4) is 0 Å². The molecule has 3 rings (SSSR count). The summed E-state index contributed by atoms with van der Waals surface area (Å²) >= 11 is 0. The molecule has 1 unspecified atom stereocenters. The van der Waals surface area contributed by atoms with Gasteiger partial charge < -0.3 is 10.6 Å². The van der Waals surface area contributed by atoms with E-state index < -0.39 is 24.7 Å². The van der Waals surface area contributed by atoms with Crippen molar-refractivity contribution in [3.8, 4) is 0 Å². The Bertz CT molecular complexity index is 752. The Morgan fingerprint density at radius 1 is 1.17 bits per heavy atom. The maximum absolute atomic E-state index is 13.5. The maximum Gasteiger partial charge on any atom is 0.405 e. The smallest absolute Gasteiger partial charge is 0.350 e. The summed E-state index contributed by atoms with van der Waals surface area (Å²) in [5.41, 5.74) is 1.05. The van der Waals surface area contributed by atoms with Crippen molar-refractivity contribution in [3.05, 3.63) is 53.9 Å². The molecular formula is C18H24Cl2F3N5O. The molecular weight excluding hydrogens is 430 g/mol. The first-order valence-corrected chi connectivity index (χ1v) is 8.80. The average Bonchev–Trinajstić information content (AvgIpc) is 3.15. The lowest BCUT2D eigenvalue weighted by atomic mass is 10.1. The zero-order chi connectivity index (χ0) is 19.3. The Morgan fingerprint density at radius 3 is 2.48 bits per heavy atom. The van der Waals surface area contributed by atoms with E-state index in [0.29, 0.717) is 43.9 Å². The highest BCUT2D eigenvalue weighted by Gasteiger charge is 2.43. The standard InChI is InChI=1S/C18H22F3N5O.2ClH/c19-18(20,21)16(25-10-7-22-8-11-25)12-23-17(27)15-5-2-1-4-14(15)13-26-9-3-6-24-26;;/h1-6,9,16,22H,7-8,10-13H2,(H,23,27);2*1H. The largest absolute Gasteiger partial charge is 0.405 e. The number of alkyl halides is 3. The second-order valence-electron chi connectivity index (χ2n) is 6.41. The SMILES string of the molecule is Cl.Cl.O=C(NCC(N1CCNCC1)C(F)(F)F)c1ccccc1Cn1cccn1. The van der Waals surface area contributed by atoms with E-state index in [4.69, 9.17) is 0 Å². The van der Waals surface area contributed by atoms with Crippen LogP contribution in [0.1, 0.15) is 15.9 Å². The highest BCUT2D eigenvalue weighted by atomic mass is 35.5. The number of amides is 1. The summed E-state index contributed by atoms with van der Waals surface area (Å²) in [5.74, 6) is -0.512. The molecule has 2 heterocycles. The van der Waals surface area contributed by atoms with Crippen LogP contribution < -0.4 is 10.6 Å². The number of halogens is 5. The molecule has 0 saturated carbocycles. The van der Waals surface area contributed by atoms with Gasteiger partial charge in [0.05, 0.1) is 6.54 Å². The topological polar surface area (TPSA) is 62.2 Å². The quantitative estimate of drug-likeness (QED) is 0.704. The van der Waals surface area contributed by atoms with Crippen molar-refractivity contribution in [1.82, 2.24) is 25.3 Å². The van der Waals surface area contributed by atoms with Gasteiger partial charge in [-0.3, -0.25) is 14.4 Å². The lowest BCUT2D eigenvalue weighted by Gasteiger charge is -2.36. The molecule has 0 bridgehead atoms. The number of nitrogens with zero attached hydrogens (tertiary/aromatic N) is 3. The third kappa shape index (κ3) is 6.88. The number of aromatic nitrogens is 2. The van der Waals surface area contributed by atoms with Gasteiger partial charge in [0.15, 0.2) is 0 Å². The molecule has 1 atom stereocenters. The third-order valence-corrected chi connectivity index (χ3v) is 4.58. The van der Waals surface area contributed by atoms with Gasteiger partial charge in [0.25, 0.3) is 5.91 Å². The second kappa shape index (κ2) is 11.4. The van der Waals surface area contributed by atoms with Crippen LogP contribution in [0.4, 0.5) is 13.2 Å². The number of carbonyl (C=O) groups is 1. The Kier molecular flexibility index (Phi) is 9.91. The molecule has 1 aliphatic rings. The van der Waals surface area contributed by atoms with Crippen LogP contribution in [-0.2, 0) is 6.54 Å². The fourth-order valence-corrected chi connectivity index (χ4v) is 3.18. The predicted molar refractivity (Wildman–Crippen MR) is 109 cm³/mol. The molecule has 1 fully saturated rings. The van der Waals surface area contributed by atoms with Crippen LogP contribution in [0, 0.1) is 0 Å². The van der Waals surface area contributed by atoms with E-state index in [1.165, 1.54) is 4.90 Å². The predicted octanol–water partition coefficient (Wildman–Crippen LogP) is 2.34. The summed E-state index contributed by atoms with van der Waals surface area (Å²) in [5, 5.41) is 9.61. The molecule has 1 saturated heterocycles. The average molecular weight is 454 g/mol. The van der Waals surface area contributed by atoms with Crippen LogP contribution >= 0.6 is 24.8 Å². The molecule has 6 nitrogen and oxygen atoms in total. The Balaban J connectivity index is 0.00000210. The Morgan fingerprint density at radius 2 is 1.86 bits per heavy atom. The normalized spacial score (nSPS) is 15.7. The van der Waals surface area contributed by atoms with Gasteiger partial charge in [0.1, 0.15) is 6.04 Å². The van der Waals surface area contributed by atoms with Gasteiger partial charge in [-0.2, -0.15) is 18.3 Å².